The van der Waals surface area contributed by atoms with Crippen molar-refractivity contribution < 1.29 is 9.47 Å². The zero-order valence-electron chi connectivity index (χ0n) is 12.5. The molecule has 0 radical (unpaired) electrons. The first-order valence-electron chi connectivity index (χ1n) is 7.71. The van der Waals surface area contributed by atoms with E-state index in [-0.39, 0.29) is 6.10 Å². The number of imidazole rings is 1. The predicted molar refractivity (Wildman–Crippen MR) is 76.7 cm³/mol. The molecular weight excluding hydrogens is 254 g/mol. The first-order chi connectivity index (χ1) is 9.74. The van der Waals surface area contributed by atoms with Crippen LogP contribution in [0.25, 0.3) is 0 Å². The summed E-state index contributed by atoms with van der Waals surface area (Å²) in [4.78, 5) is 4.86. The predicted octanol–water partition coefficient (Wildman–Crippen LogP) is 1.14. The Kier molecular flexibility index (Phi) is 4.38. The van der Waals surface area contributed by atoms with Crippen molar-refractivity contribution in [1.29, 1.82) is 0 Å². The van der Waals surface area contributed by atoms with E-state index < -0.39 is 0 Å². The maximum atomic E-state index is 5.81. The van der Waals surface area contributed by atoms with Crippen LogP contribution in [0.1, 0.15) is 31.1 Å². The minimum Gasteiger partial charge on any atom is -0.376 e. The van der Waals surface area contributed by atoms with Crippen LogP contribution in [0.2, 0.25) is 0 Å². The molecule has 0 aromatic carbocycles. The molecule has 20 heavy (non-hydrogen) atoms. The molecule has 1 N–H and O–H groups in total. The van der Waals surface area contributed by atoms with Crippen LogP contribution in [0.15, 0.2) is 0 Å². The molecule has 2 aliphatic rings. The zero-order valence-corrected chi connectivity index (χ0v) is 12.5. The van der Waals surface area contributed by atoms with E-state index in [4.69, 9.17) is 14.5 Å². The second-order valence-electron chi connectivity index (χ2n) is 6.12. The van der Waals surface area contributed by atoms with E-state index in [9.17, 15) is 0 Å². The number of nitrogens with zero attached hydrogens (tertiary/aromatic N) is 2. The molecule has 1 unspecified atom stereocenters. The summed E-state index contributed by atoms with van der Waals surface area (Å²) in [6.07, 6.45) is 2.26. The minimum absolute atomic E-state index is 0.169. The molecule has 3 heterocycles. The number of hydrogen-bond donors (Lipinski definition) is 1. The van der Waals surface area contributed by atoms with Gasteiger partial charge < -0.3 is 19.4 Å². The lowest BCUT2D eigenvalue weighted by Gasteiger charge is -2.25. The summed E-state index contributed by atoms with van der Waals surface area (Å²) in [6, 6.07) is 0. The van der Waals surface area contributed by atoms with Crippen molar-refractivity contribution >= 4 is 0 Å². The second-order valence-corrected chi connectivity index (χ2v) is 6.12. The van der Waals surface area contributed by atoms with Gasteiger partial charge in [-0.15, -0.1) is 0 Å². The van der Waals surface area contributed by atoms with Crippen LogP contribution >= 0.6 is 0 Å². The van der Waals surface area contributed by atoms with E-state index in [0.29, 0.717) is 19.1 Å². The lowest BCUT2D eigenvalue weighted by atomic mass is 10.1. The summed E-state index contributed by atoms with van der Waals surface area (Å²) in [5.41, 5.74) is 2.62. The van der Waals surface area contributed by atoms with E-state index >= 15 is 0 Å². The third-order valence-electron chi connectivity index (χ3n) is 3.93. The standard InChI is InChI=1S/C15H25N3O2/c1-11(2)7-15-17-13-8-16-4-3-14(13)18(15)9-12-10-19-5-6-20-12/h11-12,16H,3-10H2,1-2H3. The van der Waals surface area contributed by atoms with Gasteiger partial charge in [0.1, 0.15) is 5.82 Å². The van der Waals surface area contributed by atoms with Gasteiger partial charge in [0, 0.05) is 31.6 Å². The number of nitrogens with one attached hydrogen (secondary N) is 1. The van der Waals surface area contributed by atoms with Crippen molar-refractivity contribution in [1.82, 2.24) is 14.9 Å². The SMILES string of the molecule is CC(C)Cc1nc2c(n1CC1COCCO1)CCNC2. The summed E-state index contributed by atoms with van der Waals surface area (Å²) >= 11 is 0. The summed E-state index contributed by atoms with van der Waals surface area (Å²) in [5.74, 6) is 1.83. The van der Waals surface area contributed by atoms with Gasteiger partial charge in [-0.2, -0.15) is 0 Å². The molecule has 0 amide bonds. The average molecular weight is 279 g/mol. The van der Waals surface area contributed by atoms with Crippen LogP contribution in [0, 0.1) is 5.92 Å². The quantitative estimate of drug-likeness (QED) is 0.898. The molecule has 3 rings (SSSR count). The minimum atomic E-state index is 0.169. The summed E-state index contributed by atoms with van der Waals surface area (Å²) in [5, 5.41) is 3.41. The van der Waals surface area contributed by atoms with E-state index in [1.54, 1.807) is 0 Å². The lowest BCUT2D eigenvalue weighted by Crippen LogP contribution is -2.34. The largest absolute Gasteiger partial charge is 0.376 e. The third kappa shape index (κ3) is 3.05. The molecule has 0 spiro atoms. The molecule has 1 aromatic heterocycles. The number of ether oxygens (including phenoxy) is 2. The first kappa shape index (κ1) is 14.0. The van der Waals surface area contributed by atoms with Crippen LogP contribution in [0.3, 0.4) is 0 Å². The van der Waals surface area contributed by atoms with Crippen LogP contribution in [-0.4, -0.2) is 42.0 Å². The van der Waals surface area contributed by atoms with Crippen LogP contribution in [-0.2, 0) is 35.4 Å². The van der Waals surface area contributed by atoms with Gasteiger partial charge in [0.05, 0.1) is 38.2 Å². The summed E-state index contributed by atoms with van der Waals surface area (Å²) < 4.78 is 13.7. The van der Waals surface area contributed by atoms with Crippen LogP contribution in [0.4, 0.5) is 0 Å². The Morgan fingerprint density at radius 1 is 1.40 bits per heavy atom. The molecule has 2 aliphatic heterocycles. The second kappa shape index (κ2) is 6.24. The molecule has 0 saturated carbocycles. The Morgan fingerprint density at radius 3 is 3.05 bits per heavy atom. The van der Waals surface area contributed by atoms with E-state index in [1.165, 1.54) is 17.2 Å². The van der Waals surface area contributed by atoms with Gasteiger partial charge in [0.15, 0.2) is 0 Å². The highest BCUT2D eigenvalue weighted by Crippen LogP contribution is 2.20. The van der Waals surface area contributed by atoms with Crippen molar-refractivity contribution in [2.45, 2.75) is 45.9 Å². The van der Waals surface area contributed by atoms with E-state index in [2.05, 4.69) is 23.7 Å². The highest BCUT2D eigenvalue weighted by molar-refractivity contribution is 5.21. The van der Waals surface area contributed by atoms with Crippen LogP contribution < -0.4 is 5.32 Å². The van der Waals surface area contributed by atoms with Gasteiger partial charge >= 0.3 is 0 Å². The number of hydrogen-bond acceptors (Lipinski definition) is 4. The Labute approximate surface area is 120 Å². The number of aromatic nitrogens is 2. The monoisotopic (exact) mass is 279 g/mol. The normalized spacial score (nSPS) is 23.1. The van der Waals surface area contributed by atoms with Crippen molar-refractivity contribution in [2.75, 3.05) is 26.4 Å². The first-order valence-corrected chi connectivity index (χ1v) is 7.71. The summed E-state index contributed by atoms with van der Waals surface area (Å²) in [6.45, 7) is 9.45. The molecule has 5 heteroatoms. The molecular formula is C15H25N3O2. The van der Waals surface area contributed by atoms with Gasteiger partial charge in [-0.3, -0.25) is 0 Å². The van der Waals surface area contributed by atoms with Gasteiger partial charge in [-0.25, -0.2) is 4.98 Å². The summed E-state index contributed by atoms with van der Waals surface area (Å²) in [7, 11) is 0. The fraction of sp³-hybridized carbons (Fsp3) is 0.800. The highest BCUT2D eigenvalue weighted by Gasteiger charge is 2.23. The topological polar surface area (TPSA) is 48.3 Å². The smallest absolute Gasteiger partial charge is 0.109 e. The Morgan fingerprint density at radius 2 is 2.30 bits per heavy atom. The fourth-order valence-electron chi connectivity index (χ4n) is 3.01. The van der Waals surface area contributed by atoms with Crippen LogP contribution in [0.5, 0.6) is 0 Å². The Bertz CT molecular complexity index is 450. The van der Waals surface area contributed by atoms with Gasteiger partial charge in [-0.1, -0.05) is 13.8 Å². The number of fused-ring (bicyclic) bond motifs is 1. The van der Waals surface area contributed by atoms with Gasteiger partial charge in [0.25, 0.3) is 0 Å². The maximum Gasteiger partial charge on any atom is 0.109 e. The lowest BCUT2D eigenvalue weighted by molar-refractivity contribution is -0.0940. The average Bonchev–Trinajstić information content (AvgIpc) is 2.77. The Hall–Kier alpha value is -0.910. The molecule has 5 nitrogen and oxygen atoms in total. The molecule has 1 atom stereocenters. The van der Waals surface area contributed by atoms with E-state index in [0.717, 1.165) is 39.1 Å². The van der Waals surface area contributed by atoms with Gasteiger partial charge in [-0.05, 0) is 5.92 Å². The molecule has 1 saturated heterocycles. The van der Waals surface area contributed by atoms with Gasteiger partial charge in [0.2, 0.25) is 0 Å². The highest BCUT2D eigenvalue weighted by atomic mass is 16.6. The zero-order chi connectivity index (χ0) is 13.9. The van der Waals surface area contributed by atoms with E-state index in [1.807, 2.05) is 0 Å². The molecule has 1 fully saturated rings. The third-order valence-corrected chi connectivity index (χ3v) is 3.93. The molecule has 112 valence electrons. The Balaban J connectivity index is 1.83. The van der Waals surface area contributed by atoms with Crippen molar-refractivity contribution in [3.8, 4) is 0 Å². The van der Waals surface area contributed by atoms with Crippen molar-refractivity contribution in [3.05, 3.63) is 17.2 Å². The fourth-order valence-corrected chi connectivity index (χ4v) is 3.01. The number of rotatable bonds is 4. The van der Waals surface area contributed by atoms with Crippen molar-refractivity contribution in [2.24, 2.45) is 5.92 Å². The molecule has 0 bridgehead atoms. The molecule has 1 aromatic rings. The molecule has 0 aliphatic carbocycles. The maximum absolute atomic E-state index is 5.81. The van der Waals surface area contributed by atoms with Crippen molar-refractivity contribution in [3.63, 3.8) is 0 Å².